The summed E-state index contributed by atoms with van der Waals surface area (Å²) in [6.07, 6.45) is 0.325. The maximum atomic E-state index is 13.3. The van der Waals surface area contributed by atoms with E-state index in [4.69, 9.17) is 5.73 Å². The Morgan fingerprint density at radius 2 is 1.90 bits per heavy atom. The molecule has 1 aliphatic carbocycles. The first kappa shape index (κ1) is 16.1. The van der Waals surface area contributed by atoms with E-state index in [0.29, 0.717) is 11.7 Å². The van der Waals surface area contributed by atoms with Crippen LogP contribution < -0.4 is 10.6 Å². The molecule has 1 aliphatic rings. The lowest BCUT2D eigenvalue weighted by molar-refractivity contribution is -0.138. The first-order chi connectivity index (χ1) is 9.79. The standard InChI is InChI=1S/C16H23F3N2/c1-11(20)9-12-7-8-14(10-15(12)16(17,18)19)21(2)13-5-3-4-6-13/h7-8,10-11,13H,3-6,9,20H2,1-2H3. The maximum Gasteiger partial charge on any atom is 0.416 e. The summed E-state index contributed by atoms with van der Waals surface area (Å²) in [6, 6.07) is 4.70. The highest BCUT2D eigenvalue weighted by Crippen LogP contribution is 2.36. The largest absolute Gasteiger partial charge is 0.416 e. The first-order valence-corrected chi connectivity index (χ1v) is 7.47. The van der Waals surface area contributed by atoms with Gasteiger partial charge >= 0.3 is 6.18 Å². The summed E-state index contributed by atoms with van der Waals surface area (Å²) in [6.45, 7) is 1.72. The number of nitrogens with zero attached hydrogens (tertiary/aromatic N) is 1. The lowest BCUT2D eigenvalue weighted by Crippen LogP contribution is -2.29. The molecule has 0 spiro atoms. The van der Waals surface area contributed by atoms with Crippen LogP contribution in [0.2, 0.25) is 0 Å². The van der Waals surface area contributed by atoms with Crippen LogP contribution in [0.3, 0.4) is 0 Å². The Kier molecular flexibility index (Phi) is 4.81. The predicted molar refractivity (Wildman–Crippen MR) is 79.5 cm³/mol. The molecule has 1 fully saturated rings. The van der Waals surface area contributed by atoms with E-state index >= 15 is 0 Å². The maximum absolute atomic E-state index is 13.3. The van der Waals surface area contributed by atoms with Crippen molar-refractivity contribution in [2.75, 3.05) is 11.9 Å². The predicted octanol–water partition coefficient (Wildman–Crippen LogP) is 3.97. The van der Waals surface area contributed by atoms with Crippen LogP contribution >= 0.6 is 0 Å². The fraction of sp³-hybridized carbons (Fsp3) is 0.625. The van der Waals surface area contributed by atoms with Crippen molar-refractivity contribution in [3.8, 4) is 0 Å². The molecule has 1 aromatic carbocycles. The van der Waals surface area contributed by atoms with Gasteiger partial charge in [0, 0.05) is 24.8 Å². The van der Waals surface area contributed by atoms with Crippen molar-refractivity contribution < 1.29 is 13.2 Å². The summed E-state index contributed by atoms with van der Waals surface area (Å²) >= 11 is 0. The number of hydrogen-bond acceptors (Lipinski definition) is 2. The number of rotatable bonds is 4. The molecule has 2 N–H and O–H groups in total. The lowest BCUT2D eigenvalue weighted by atomic mass is 9.99. The molecule has 1 saturated carbocycles. The first-order valence-electron chi connectivity index (χ1n) is 7.47. The van der Waals surface area contributed by atoms with Crippen LogP contribution in [0.1, 0.15) is 43.7 Å². The average molecular weight is 300 g/mol. The second-order valence-electron chi connectivity index (χ2n) is 6.07. The number of anilines is 1. The summed E-state index contributed by atoms with van der Waals surface area (Å²) in [5.74, 6) is 0. The fourth-order valence-corrected chi connectivity index (χ4v) is 3.07. The van der Waals surface area contributed by atoms with Crippen molar-refractivity contribution >= 4 is 5.69 Å². The fourth-order valence-electron chi connectivity index (χ4n) is 3.07. The minimum Gasteiger partial charge on any atom is -0.372 e. The molecule has 21 heavy (non-hydrogen) atoms. The minimum atomic E-state index is -4.34. The molecule has 5 heteroatoms. The van der Waals surface area contributed by atoms with Gasteiger partial charge in [0.15, 0.2) is 0 Å². The van der Waals surface area contributed by atoms with Crippen LogP contribution in [0.25, 0.3) is 0 Å². The zero-order chi connectivity index (χ0) is 15.6. The van der Waals surface area contributed by atoms with Crippen LogP contribution in [-0.4, -0.2) is 19.1 Å². The van der Waals surface area contributed by atoms with Gasteiger partial charge in [-0.1, -0.05) is 18.9 Å². The average Bonchev–Trinajstić information content (AvgIpc) is 2.90. The van der Waals surface area contributed by atoms with Gasteiger partial charge in [0.25, 0.3) is 0 Å². The number of alkyl halides is 3. The van der Waals surface area contributed by atoms with Crippen molar-refractivity contribution in [1.29, 1.82) is 0 Å². The SMILES string of the molecule is CC(N)Cc1ccc(N(C)C2CCCC2)cc1C(F)(F)F. The van der Waals surface area contributed by atoms with Gasteiger partial charge in [-0.3, -0.25) is 0 Å². The second-order valence-corrected chi connectivity index (χ2v) is 6.07. The van der Waals surface area contributed by atoms with E-state index in [0.717, 1.165) is 25.7 Å². The molecule has 1 unspecified atom stereocenters. The summed E-state index contributed by atoms with van der Waals surface area (Å²) in [4.78, 5) is 1.98. The molecule has 0 amide bonds. The van der Waals surface area contributed by atoms with Crippen molar-refractivity contribution in [1.82, 2.24) is 0 Å². The topological polar surface area (TPSA) is 29.3 Å². The van der Waals surface area contributed by atoms with Gasteiger partial charge in [-0.15, -0.1) is 0 Å². The van der Waals surface area contributed by atoms with Gasteiger partial charge < -0.3 is 10.6 Å². The molecule has 0 aromatic heterocycles. The van der Waals surface area contributed by atoms with E-state index in [1.807, 2.05) is 11.9 Å². The highest BCUT2D eigenvalue weighted by Gasteiger charge is 2.34. The minimum absolute atomic E-state index is 0.238. The molecule has 1 atom stereocenters. The zero-order valence-electron chi connectivity index (χ0n) is 12.6. The van der Waals surface area contributed by atoms with Crippen molar-refractivity contribution in [2.24, 2.45) is 5.73 Å². The molecule has 0 radical (unpaired) electrons. The van der Waals surface area contributed by atoms with Gasteiger partial charge in [0.05, 0.1) is 5.56 Å². The Balaban J connectivity index is 2.32. The van der Waals surface area contributed by atoms with Gasteiger partial charge in [-0.2, -0.15) is 13.2 Å². The smallest absolute Gasteiger partial charge is 0.372 e. The van der Waals surface area contributed by atoms with Gasteiger partial charge in [0.2, 0.25) is 0 Å². The second kappa shape index (κ2) is 6.26. The molecular formula is C16H23F3N2. The number of halogens is 3. The molecule has 2 nitrogen and oxygen atoms in total. The molecule has 0 heterocycles. The molecule has 1 aromatic rings. The Morgan fingerprint density at radius 1 is 1.29 bits per heavy atom. The van der Waals surface area contributed by atoms with E-state index < -0.39 is 11.7 Å². The van der Waals surface area contributed by atoms with Gasteiger partial charge in [-0.05, 0) is 43.9 Å². The quantitative estimate of drug-likeness (QED) is 0.911. The summed E-state index contributed by atoms with van der Waals surface area (Å²) in [7, 11) is 1.89. The monoisotopic (exact) mass is 300 g/mol. The van der Waals surface area contributed by atoms with Crippen LogP contribution in [0.4, 0.5) is 18.9 Å². The number of hydrogen-bond donors (Lipinski definition) is 1. The number of benzene rings is 1. The summed E-state index contributed by atoms with van der Waals surface area (Å²) < 4.78 is 39.8. The van der Waals surface area contributed by atoms with Crippen molar-refractivity contribution in [3.05, 3.63) is 29.3 Å². The molecular weight excluding hydrogens is 277 g/mol. The Hall–Kier alpha value is -1.23. The molecule has 0 bridgehead atoms. The third-order valence-electron chi connectivity index (χ3n) is 4.22. The molecule has 2 rings (SSSR count). The van der Waals surface area contributed by atoms with E-state index in [2.05, 4.69) is 0 Å². The number of nitrogens with two attached hydrogens (primary N) is 1. The van der Waals surface area contributed by atoms with E-state index in [9.17, 15) is 13.2 Å². The van der Waals surface area contributed by atoms with Crippen molar-refractivity contribution in [3.63, 3.8) is 0 Å². The highest BCUT2D eigenvalue weighted by atomic mass is 19.4. The third-order valence-corrected chi connectivity index (χ3v) is 4.22. The molecule has 0 aliphatic heterocycles. The van der Waals surface area contributed by atoms with Gasteiger partial charge in [-0.25, -0.2) is 0 Å². The van der Waals surface area contributed by atoms with Crippen molar-refractivity contribution in [2.45, 2.75) is 57.3 Å². The van der Waals surface area contributed by atoms with E-state index in [-0.39, 0.29) is 18.0 Å². The normalized spacial score (nSPS) is 18.0. The Morgan fingerprint density at radius 3 is 2.43 bits per heavy atom. The van der Waals surface area contributed by atoms with Crippen LogP contribution in [0, 0.1) is 0 Å². The van der Waals surface area contributed by atoms with Gasteiger partial charge in [0.1, 0.15) is 0 Å². The third kappa shape index (κ3) is 3.90. The van der Waals surface area contributed by atoms with E-state index in [1.54, 1.807) is 19.1 Å². The summed E-state index contributed by atoms with van der Waals surface area (Å²) in [5, 5.41) is 0. The van der Waals surface area contributed by atoms with Crippen LogP contribution in [0.15, 0.2) is 18.2 Å². The van der Waals surface area contributed by atoms with Crippen LogP contribution in [0.5, 0.6) is 0 Å². The molecule has 0 saturated heterocycles. The lowest BCUT2D eigenvalue weighted by Gasteiger charge is -2.28. The Bertz CT molecular complexity index is 477. The highest BCUT2D eigenvalue weighted by molar-refractivity contribution is 5.52. The summed E-state index contributed by atoms with van der Waals surface area (Å²) in [5.41, 5.74) is 6.02. The zero-order valence-corrected chi connectivity index (χ0v) is 12.6. The van der Waals surface area contributed by atoms with Crippen LogP contribution in [-0.2, 0) is 12.6 Å². The molecule has 118 valence electrons. The van der Waals surface area contributed by atoms with E-state index in [1.165, 1.54) is 6.07 Å². The Labute approximate surface area is 124 Å².